The quantitative estimate of drug-likeness (QED) is 0.837. The third kappa shape index (κ3) is 3.80. The van der Waals surface area contributed by atoms with Gasteiger partial charge in [0.15, 0.2) is 0 Å². The number of aryl methyl sites for hydroxylation is 1. The topological polar surface area (TPSA) is 99.6 Å². The van der Waals surface area contributed by atoms with E-state index in [9.17, 15) is 26.4 Å². The second-order valence-electron chi connectivity index (χ2n) is 3.66. The van der Waals surface area contributed by atoms with E-state index in [4.69, 9.17) is 5.11 Å². The maximum absolute atomic E-state index is 12.0. The van der Waals surface area contributed by atoms with Crippen LogP contribution in [0.5, 0.6) is 0 Å². The first kappa shape index (κ1) is 16.7. The number of alkyl halides is 3. The summed E-state index contributed by atoms with van der Waals surface area (Å²) in [4.78, 5) is 11.0. The minimum atomic E-state index is -4.72. The number of hydrogen-bond acceptors (Lipinski definition) is 5. The molecule has 1 aromatic heterocycles. The molecule has 0 aromatic carbocycles. The summed E-state index contributed by atoms with van der Waals surface area (Å²) in [6.07, 6.45) is -4.72. The molecular formula is C8H10F3N3O4S2. The predicted octanol–water partition coefficient (Wildman–Crippen LogP) is 0.983. The van der Waals surface area contributed by atoms with Gasteiger partial charge in [-0.1, -0.05) is 0 Å². The fourth-order valence-corrected chi connectivity index (χ4v) is 3.20. The Morgan fingerprint density at radius 2 is 2.05 bits per heavy atom. The molecule has 20 heavy (non-hydrogen) atoms. The second-order valence-corrected chi connectivity index (χ2v) is 6.20. The van der Waals surface area contributed by atoms with Crippen molar-refractivity contribution in [3.8, 4) is 0 Å². The van der Waals surface area contributed by atoms with Gasteiger partial charge in [0.2, 0.25) is 0 Å². The first-order valence-electron chi connectivity index (χ1n) is 4.95. The SMILES string of the molecule is Cc1nsc(N(C)S(=O)(=O)NCC(F)(F)F)c1C(=O)O. The van der Waals surface area contributed by atoms with Crippen molar-refractivity contribution in [1.29, 1.82) is 0 Å². The molecule has 1 aromatic rings. The zero-order valence-corrected chi connectivity index (χ0v) is 11.9. The lowest BCUT2D eigenvalue weighted by atomic mass is 10.2. The van der Waals surface area contributed by atoms with Gasteiger partial charge in [0.1, 0.15) is 17.1 Å². The minimum Gasteiger partial charge on any atom is -0.478 e. The largest absolute Gasteiger partial charge is 0.478 e. The third-order valence-corrected chi connectivity index (χ3v) is 4.70. The number of carboxylic acid groups (broad SMARTS) is 1. The fraction of sp³-hybridized carbons (Fsp3) is 0.500. The lowest BCUT2D eigenvalue weighted by Gasteiger charge is -2.19. The number of aromatic nitrogens is 1. The molecule has 0 amide bonds. The number of nitrogens with zero attached hydrogens (tertiary/aromatic N) is 2. The summed E-state index contributed by atoms with van der Waals surface area (Å²) < 4.78 is 64.8. The molecule has 114 valence electrons. The van der Waals surface area contributed by atoms with Crippen LogP contribution in [0.3, 0.4) is 0 Å². The Morgan fingerprint density at radius 3 is 2.50 bits per heavy atom. The highest BCUT2D eigenvalue weighted by Crippen LogP contribution is 2.29. The first-order chi connectivity index (χ1) is 8.96. The Balaban J connectivity index is 3.06. The van der Waals surface area contributed by atoms with Crippen molar-refractivity contribution < 1.29 is 31.5 Å². The monoisotopic (exact) mass is 333 g/mol. The first-order valence-corrected chi connectivity index (χ1v) is 7.17. The lowest BCUT2D eigenvalue weighted by molar-refractivity contribution is -0.121. The van der Waals surface area contributed by atoms with E-state index in [-0.39, 0.29) is 16.3 Å². The minimum absolute atomic E-state index is 0.0790. The molecule has 0 saturated heterocycles. The number of carboxylic acids is 1. The average molecular weight is 333 g/mol. The van der Waals surface area contributed by atoms with Crippen molar-refractivity contribution in [2.24, 2.45) is 0 Å². The van der Waals surface area contributed by atoms with Crippen molar-refractivity contribution in [3.63, 3.8) is 0 Å². The third-order valence-electron chi connectivity index (χ3n) is 2.16. The molecule has 1 rings (SSSR count). The molecule has 0 aliphatic rings. The maximum atomic E-state index is 12.0. The van der Waals surface area contributed by atoms with E-state index in [0.717, 1.165) is 7.05 Å². The van der Waals surface area contributed by atoms with E-state index in [1.807, 2.05) is 0 Å². The van der Waals surface area contributed by atoms with Crippen LogP contribution >= 0.6 is 11.5 Å². The number of halogens is 3. The van der Waals surface area contributed by atoms with Gasteiger partial charge in [-0.3, -0.25) is 0 Å². The Bertz CT molecular complexity index is 611. The van der Waals surface area contributed by atoms with Gasteiger partial charge in [0.25, 0.3) is 0 Å². The molecule has 0 aliphatic heterocycles. The van der Waals surface area contributed by atoms with E-state index < -0.39 is 28.9 Å². The molecule has 0 atom stereocenters. The Morgan fingerprint density at radius 1 is 1.50 bits per heavy atom. The molecule has 0 fully saturated rings. The van der Waals surface area contributed by atoms with Gasteiger partial charge < -0.3 is 5.11 Å². The van der Waals surface area contributed by atoms with Gasteiger partial charge in [-0.25, -0.2) is 9.10 Å². The zero-order valence-electron chi connectivity index (χ0n) is 10.2. The summed E-state index contributed by atoms with van der Waals surface area (Å²) in [6, 6.07) is 0. The molecular weight excluding hydrogens is 323 g/mol. The van der Waals surface area contributed by atoms with Crippen molar-refractivity contribution in [1.82, 2.24) is 9.10 Å². The molecule has 1 heterocycles. The Hall–Kier alpha value is -1.40. The highest BCUT2D eigenvalue weighted by Gasteiger charge is 2.33. The molecule has 0 unspecified atom stereocenters. The summed E-state index contributed by atoms with van der Waals surface area (Å²) in [5.74, 6) is -1.41. The summed E-state index contributed by atoms with van der Waals surface area (Å²) in [7, 11) is -3.58. The number of anilines is 1. The average Bonchev–Trinajstić information content (AvgIpc) is 2.66. The Kier molecular flexibility index (Phi) is 4.61. The van der Waals surface area contributed by atoms with Gasteiger partial charge in [-0.05, 0) is 18.5 Å². The number of carbonyl (C=O) groups is 1. The van der Waals surface area contributed by atoms with Crippen molar-refractivity contribution in [2.45, 2.75) is 13.1 Å². The number of hydrogen-bond donors (Lipinski definition) is 2. The molecule has 0 radical (unpaired) electrons. The highest BCUT2D eigenvalue weighted by atomic mass is 32.2. The van der Waals surface area contributed by atoms with Crippen molar-refractivity contribution in [3.05, 3.63) is 11.3 Å². The predicted molar refractivity (Wildman–Crippen MR) is 65.2 cm³/mol. The zero-order chi connectivity index (χ0) is 15.7. The van der Waals surface area contributed by atoms with E-state index >= 15 is 0 Å². The molecule has 7 nitrogen and oxygen atoms in total. The summed E-state index contributed by atoms with van der Waals surface area (Å²) in [5, 5.41) is 8.68. The second kappa shape index (κ2) is 5.54. The smallest absolute Gasteiger partial charge is 0.402 e. The number of aromatic carboxylic acids is 1. The van der Waals surface area contributed by atoms with Gasteiger partial charge >= 0.3 is 22.4 Å². The normalized spacial score (nSPS) is 12.4. The highest BCUT2D eigenvalue weighted by molar-refractivity contribution is 7.91. The van der Waals surface area contributed by atoms with Crippen LogP contribution in [0.25, 0.3) is 0 Å². The van der Waals surface area contributed by atoms with E-state index in [1.54, 1.807) is 0 Å². The molecule has 0 bridgehead atoms. The van der Waals surface area contributed by atoms with E-state index in [1.165, 1.54) is 11.6 Å². The van der Waals surface area contributed by atoms with E-state index in [0.29, 0.717) is 15.8 Å². The maximum Gasteiger partial charge on any atom is 0.402 e. The van der Waals surface area contributed by atoms with Crippen molar-refractivity contribution >= 4 is 32.7 Å². The standard InChI is InChI=1S/C8H10F3N3O4S2/c1-4-5(7(15)16)6(19-13-4)14(2)20(17,18)12-3-8(9,10)11/h12H,3H2,1-2H3,(H,15,16). The van der Waals surface area contributed by atoms with Crippen LogP contribution in [0.4, 0.5) is 18.2 Å². The van der Waals surface area contributed by atoms with Crippen LogP contribution in [-0.2, 0) is 10.2 Å². The number of nitrogens with one attached hydrogen (secondary N) is 1. The molecule has 0 aliphatic carbocycles. The molecule has 0 saturated carbocycles. The Labute approximate surface area is 116 Å². The van der Waals surface area contributed by atoms with Crippen molar-refractivity contribution in [2.75, 3.05) is 17.9 Å². The molecule has 2 N–H and O–H groups in total. The van der Waals surface area contributed by atoms with E-state index in [2.05, 4.69) is 4.37 Å². The van der Waals surface area contributed by atoms with Crippen LogP contribution in [0.2, 0.25) is 0 Å². The van der Waals surface area contributed by atoms with Gasteiger partial charge in [-0.2, -0.15) is 30.7 Å². The van der Waals surface area contributed by atoms with Crippen LogP contribution in [0, 0.1) is 6.92 Å². The molecule has 0 spiro atoms. The van der Waals surface area contributed by atoms with Crippen LogP contribution in [0.15, 0.2) is 0 Å². The fourth-order valence-electron chi connectivity index (χ4n) is 1.20. The van der Waals surface area contributed by atoms with Gasteiger partial charge in [0.05, 0.1) is 5.69 Å². The molecule has 12 heteroatoms. The number of rotatable bonds is 5. The lowest BCUT2D eigenvalue weighted by Crippen LogP contribution is -2.42. The van der Waals surface area contributed by atoms with Crippen LogP contribution in [0.1, 0.15) is 16.1 Å². The van der Waals surface area contributed by atoms with Gasteiger partial charge in [0, 0.05) is 7.05 Å². The summed E-state index contributed by atoms with van der Waals surface area (Å²) in [6.45, 7) is -0.396. The van der Waals surface area contributed by atoms with Crippen LogP contribution < -0.4 is 9.03 Å². The summed E-state index contributed by atoms with van der Waals surface area (Å²) in [5.41, 5.74) is -0.287. The summed E-state index contributed by atoms with van der Waals surface area (Å²) >= 11 is 0.567. The van der Waals surface area contributed by atoms with Crippen LogP contribution in [-0.4, -0.2) is 43.6 Å². The van der Waals surface area contributed by atoms with Gasteiger partial charge in [-0.15, -0.1) is 0 Å².